The van der Waals surface area contributed by atoms with E-state index >= 15 is 0 Å². The van der Waals surface area contributed by atoms with E-state index in [1.807, 2.05) is 21.1 Å². The lowest BCUT2D eigenvalue weighted by atomic mass is 10.0. The van der Waals surface area contributed by atoms with E-state index in [1.54, 1.807) is 0 Å². The molecule has 80 heavy (non-hydrogen) atoms. The molecule has 2 unspecified atom stereocenters. The topological polar surface area (TPSA) is 108 Å². The highest BCUT2D eigenvalue weighted by molar-refractivity contribution is 7.47. The Kier molecular flexibility index (Phi) is 60.0. The summed E-state index contributed by atoms with van der Waals surface area (Å²) in [6.07, 6.45) is 79.4. The van der Waals surface area contributed by atoms with Gasteiger partial charge in [-0.25, -0.2) is 4.57 Å². The molecule has 0 aromatic heterocycles. The molecule has 0 aliphatic carbocycles. The van der Waals surface area contributed by atoms with E-state index < -0.39 is 26.5 Å². The van der Waals surface area contributed by atoms with Gasteiger partial charge in [-0.2, -0.15) is 0 Å². The zero-order valence-electron chi connectivity index (χ0n) is 53.6. The van der Waals surface area contributed by atoms with Crippen molar-refractivity contribution < 1.29 is 42.1 Å². The second-order valence-corrected chi connectivity index (χ2v) is 26.0. The van der Waals surface area contributed by atoms with Crippen LogP contribution in [0.2, 0.25) is 0 Å². The van der Waals surface area contributed by atoms with Crippen molar-refractivity contribution in [3.63, 3.8) is 0 Å². The van der Waals surface area contributed by atoms with Gasteiger partial charge in [-0.3, -0.25) is 18.6 Å². The maximum absolute atomic E-state index is 12.9. The largest absolute Gasteiger partial charge is 0.472 e. The minimum Gasteiger partial charge on any atom is -0.462 e. The number of phosphoric acid groups is 1. The van der Waals surface area contributed by atoms with Crippen molar-refractivity contribution in [2.75, 3.05) is 47.5 Å². The quantitative estimate of drug-likeness (QED) is 0.0211. The highest BCUT2D eigenvalue weighted by Crippen LogP contribution is 2.43. The molecule has 0 aromatic carbocycles. The lowest BCUT2D eigenvalue weighted by molar-refractivity contribution is -0.870. The van der Waals surface area contributed by atoms with Gasteiger partial charge in [0.25, 0.3) is 0 Å². The van der Waals surface area contributed by atoms with Crippen LogP contribution in [0.15, 0.2) is 48.6 Å². The Bertz CT molecular complexity index is 1490. The molecule has 0 aliphatic heterocycles. The fraction of sp³-hybridized carbons (Fsp3) is 0.857. The van der Waals surface area contributed by atoms with Crippen molar-refractivity contribution in [3.05, 3.63) is 48.6 Å². The molecule has 2 atom stereocenters. The van der Waals surface area contributed by atoms with Gasteiger partial charge in [0, 0.05) is 12.8 Å². The van der Waals surface area contributed by atoms with Gasteiger partial charge in [0.1, 0.15) is 19.8 Å². The monoisotopic (exact) mass is 1150 g/mol. The Labute approximate surface area is 496 Å². The van der Waals surface area contributed by atoms with Crippen molar-refractivity contribution in [3.8, 4) is 0 Å². The van der Waals surface area contributed by atoms with Gasteiger partial charge in [-0.15, -0.1) is 0 Å². The number of ether oxygens (including phenoxy) is 2. The Morgan fingerprint density at radius 1 is 0.388 bits per heavy atom. The molecule has 470 valence electrons. The number of rotatable bonds is 64. The first-order chi connectivity index (χ1) is 39.0. The molecule has 0 amide bonds. The summed E-state index contributed by atoms with van der Waals surface area (Å²) in [6, 6.07) is 0. The number of quaternary nitrogens is 1. The average Bonchev–Trinajstić information content (AvgIpc) is 3.42. The number of hydrogen-bond donors (Lipinski definition) is 1. The molecular formula is C70H133NO8P+. The molecule has 0 saturated carbocycles. The van der Waals surface area contributed by atoms with E-state index in [1.165, 1.54) is 257 Å². The lowest BCUT2D eigenvalue weighted by Crippen LogP contribution is -2.37. The van der Waals surface area contributed by atoms with Crippen LogP contribution in [0.3, 0.4) is 0 Å². The third-order valence-electron chi connectivity index (χ3n) is 15.3. The second kappa shape index (κ2) is 61.5. The predicted octanol–water partition coefficient (Wildman–Crippen LogP) is 22.1. The Balaban J connectivity index is 3.91. The molecule has 10 heteroatoms. The molecule has 0 aromatic rings. The molecule has 9 nitrogen and oxygen atoms in total. The first-order valence-electron chi connectivity index (χ1n) is 34.4. The number of likely N-dealkylation sites (N-methyl/N-ethyl adjacent to an activating group) is 1. The van der Waals surface area contributed by atoms with Crippen LogP contribution in [-0.4, -0.2) is 74.9 Å². The van der Waals surface area contributed by atoms with Gasteiger partial charge in [0.2, 0.25) is 0 Å². The second-order valence-electron chi connectivity index (χ2n) is 24.6. The third kappa shape index (κ3) is 65.1. The smallest absolute Gasteiger partial charge is 0.462 e. The summed E-state index contributed by atoms with van der Waals surface area (Å²) < 4.78 is 34.7. The summed E-state index contributed by atoms with van der Waals surface area (Å²) in [6.45, 7) is 4.46. The zero-order chi connectivity index (χ0) is 58.4. The number of phosphoric ester groups is 1. The van der Waals surface area contributed by atoms with E-state index in [0.717, 1.165) is 44.9 Å². The summed E-state index contributed by atoms with van der Waals surface area (Å²) in [4.78, 5) is 35.8. The third-order valence-corrected chi connectivity index (χ3v) is 16.3. The maximum atomic E-state index is 12.9. The molecule has 0 radical (unpaired) electrons. The van der Waals surface area contributed by atoms with E-state index in [0.29, 0.717) is 17.4 Å². The lowest BCUT2D eigenvalue weighted by Gasteiger charge is -2.24. The van der Waals surface area contributed by atoms with Crippen molar-refractivity contribution in [1.29, 1.82) is 0 Å². The van der Waals surface area contributed by atoms with E-state index in [9.17, 15) is 19.0 Å². The molecule has 1 N–H and O–H groups in total. The summed E-state index contributed by atoms with van der Waals surface area (Å²) in [5, 5.41) is 0. The Morgan fingerprint density at radius 3 is 1.01 bits per heavy atom. The molecule has 0 bridgehead atoms. The van der Waals surface area contributed by atoms with Crippen LogP contribution in [0.1, 0.15) is 335 Å². The minimum atomic E-state index is -4.39. The van der Waals surface area contributed by atoms with Gasteiger partial charge in [0.15, 0.2) is 6.10 Å². The van der Waals surface area contributed by atoms with Crippen LogP contribution < -0.4 is 0 Å². The van der Waals surface area contributed by atoms with Crippen molar-refractivity contribution in [1.82, 2.24) is 0 Å². The van der Waals surface area contributed by atoms with E-state index in [2.05, 4.69) is 62.5 Å². The summed E-state index contributed by atoms with van der Waals surface area (Å²) in [5.74, 6) is -0.787. The minimum absolute atomic E-state index is 0.0329. The van der Waals surface area contributed by atoms with Crippen molar-refractivity contribution in [2.45, 2.75) is 341 Å². The van der Waals surface area contributed by atoms with Gasteiger partial charge in [-0.05, 0) is 77.0 Å². The van der Waals surface area contributed by atoms with Crippen molar-refractivity contribution >= 4 is 19.8 Å². The van der Waals surface area contributed by atoms with Crippen molar-refractivity contribution in [2.24, 2.45) is 0 Å². The van der Waals surface area contributed by atoms with E-state index in [4.69, 9.17) is 18.5 Å². The number of esters is 2. The van der Waals surface area contributed by atoms with Crippen LogP contribution in [0.5, 0.6) is 0 Å². The van der Waals surface area contributed by atoms with Gasteiger partial charge < -0.3 is 18.9 Å². The Morgan fingerprint density at radius 2 is 0.675 bits per heavy atom. The molecule has 0 rings (SSSR count). The molecule has 0 fully saturated rings. The van der Waals surface area contributed by atoms with E-state index in [-0.39, 0.29) is 32.0 Å². The normalized spacial score (nSPS) is 13.4. The maximum Gasteiger partial charge on any atom is 0.472 e. The Hall–Kier alpha value is -2.03. The summed E-state index contributed by atoms with van der Waals surface area (Å²) in [7, 11) is 1.49. The standard InChI is InChI=1S/C70H132NO8P/c1-6-8-10-12-14-16-18-20-22-24-25-26-27-28-29-30-31-32-33-34-35-36-37-38-39-40-41-42-43-44-45-47-49-51-53-55-57-59-61-63-70(73)79-68(67-78-80(74,75)77-65-64-71(3,4)5)66-76-69(72)62-60-58-56-54-52-50-48-46-23-21-19-17-15-13-11-9-7-2/h18,20-21,23-25,27-28,68H,6-17,19,22,26,29-67H2,1-5H3/p+1/b20-18-,23-21-,25-24-,28-27-. The summed E-state index contributed by atoms with van der Waals surface area (Å²) in [5.41, 5.74) is 0. The first-order valence-corrected chi connectivity index (χ1v) is 35.9. The SMILES string of the molecule is CCCCCCC/C=C\C/C=C\C/C=C\CCCCCCCCCCCCCCCCCCCCCCCCCCC(=O)OC(COC(=O)CCCCCCCCC/C=C\CCCCCCCC)COP(=O)(O)OCC[N+](C)(C)C. The zero-order valence-corrected chi connectivity index (χ0v) is 54.5. The van der Waals surface area contributed by atoms with Gasteiger partial charge in [0.05, 0.1) is 27.7 Å². The predicted molar refractivity (Wildman–Crippen MR) is 344 cm³/mol. The molecule has 0 aliphatic rings. The van der Waals surface area contributed by atoms with Gasteiger partial charge in [-0.1, -0.05) is 294 Å². The average molecular weight is 1150 g/mol. The fourth-order valence-corrected chi connectivity index (χ4v) is 10.8. The number of hydrogen-bond acceptors (Lipinski definition) is 7. The van der Waals surface area contributed by atoms with Crippen LogP contribution >= 0.6 is 7.82 Å². The number of nitrogens with zero attached hydrogens (tertiary/aromatic N) is 1. The number of carbonyl (C=O) groups excluding carboxylic acids is 2. The molecule has 0 saturated heterocycles. The molecular weight excluding hydrogens is 1010 g/mol. The van der Waals surface area contributed by atoms with Gasteiger partial charge >= 0.3 is 19.8 Å². The number of unbranched alkanes of at least 4 members (excludes halogenated alkanes) is 42. The highest BCUT2D eigenvalue weighted by atomic mass is 31.2. The van der Waals surface area contributed by atoms with Crippen LogP contribution in [0, 0.1) is 0 Å². The first kappa shape index (κ1) is 78.0. The summed E-state index contributed by atoms with van der Waals surface area (Å²) >= 11 is 0. The number of allylic oxidation sites excluding steroid dienone is 8. The fourth-order valence-electron chi connectivity index (χ4n) is 10.0. The molecule has 0 heterocycles. The number of carbonyl (C=O) groups is 2. The van der Waals surface area contributed by atoms with Crippen LogP contribution in [-0.2, 0) is 32.7 Å². The highest BCUT2D eigenvalue weighted by Gasteiger charge is 2.27. The molecule has 0 spiro atoms. The van der Waals surface area contributed by atoms with Crippen LogP contribution in [0.25, 0.3) is 0 Å². The van der Waals surface area contributed by atoms with Crippen LogP contribution in [0.4, 0.5) is 0 Å².